The molecule has 156 valence electrons. The zero-order valence-electron chi connectivity index (χ0n) is 16.9. The molecule has 0 unspecified atom stereocenters. The second-order valence-corrected chi connectivity index (χ2v) is 7.46. The van der Waals surface area contributed by atoms with Crippen LogP contribution < -0.4 is 5.56 Å². The van der Waals surface area contributed by atoms with Crippen LogP contribution in [0.4, 0.5) is 9.18 Å². The normalized spacial score (nSPS) is 14.8. The highest BCUT2D eigenvalue weighted by Crippen LogP contribution is 2.24. The number of piperidine rings is 1. The molecule has 1 fully saturated rings. The van der Waals surface area contributed by atoms with Crippen molar-refractivity contribution in [2.75, 3.05) is 19.7 Å². The fraction of sp³-hybridized carbons (Fsp3) is 0.348. The molecule has 1 aromatic heterocycles. The first kappa shape index (κ1) is 20.1. The van der Waals surface area contributed by atoms with Crippen LogP contribution in [0, 0.1) is 5.82 Å². The molecule has 2 aromatic carbocycles. The van der Waals surface area contributed by atoms with Crippen molar-refractivity contribution >= 4 is 16.9 Å². The lowest BCUT2D eigenvalue weighted by molar-refractivity contribution is 0.0911. The van der Waals surface area contributed by atoms with Gasteiger partial charge >= 0.3 is 6.09 Å². The van der Waals surface area contributed by atoms with Gasteiger partial charge in [0.1, 0.15) is 5.82 Å². The standard InChI is InChI=1S/C23H24FN3O3/c1-2-30-23(29)26-13-11-18(12-14-26)27-22(28)20-6-4-3-5-19(20)21(25-27)15-16-7-9-17(24)10-8-16/h3-10,18H,2,11-15H2,1H3. The van der Waals surface area contributed by atoms with Crippen molar-refractivity contribution in [3.63, 3.8) is 0 Å². The lowest BCUT2D eigenvalue weighted by atomic mass is 10.0. The molecule has 2 heterocycles. The number of ether oxygens (including phenoxy) is 1. The Morgan fingerprint density at radius 1 is 1.10 bits per heavy atom. The maximum Gasteiger partial charge on any atom is 0.409 e. The third-order valence-corrected chi connectivity index (χ3v) is 5.53. The SMILES string of the molecule is CCOC(=O)N1CCC(n2nc(Cc3ccc(F)cc3)c3ccccc3c2=O)CC1. The molecule has 1 aliphatic heterocycles. The Bertz CT molecular complexity index is 1100. The van der Waals surface area contributed by atoms with Gasteiger partial charge in [0.25, 0.3) is 5.56 Å². The Labute approximate surface area is 173 Å². The number of rotatable bonds is 4. The van der Waals surface area contributed by atoms with Crippen LogP contribution in [0.5, 0.6) is 0 Å². The number of aromatic nitrogens is 2. The Hall–Kier alpha value is -3.22. The quantitative estimate of drug-likeness (QED) is 0.655. The molecule has 0 spiro atoms. The van der Waals surface area contributed by atoms with Gasteiger partial charge in [0.15, 0.2) is 0 Å². The fourth-order valence-corrected chi connectivity index (χ4v) is 3.96. The number of amides is 1. The highest BCUT2D eigenvalue weighted by Gasteiger charge is 2.26. The lowest BCUT2D eigenvalue weighted by Gasteiger charge is -2.31. The number of halogens is 1. The van der Waals surface area contributed by atoms with Crippen LogP contribution in [0.2, 0.25) is 0 Å². The molecular formula is C23H24FN3O3. The molecule has 1 aliphatic rings. The maximum absolute atomic E-state index is 13.3. The van der Waals surface area contributed by atoms with Gasteiger partial charge in [-0.3, -0.25) is 4.79 Å². The zero-order chi connectivity index (χ0) is 21.1. The first-order chi connectivity index (χ1) is 14.6. The second kappa shape index (κ2) is 8.65. The van der Waals surface area contributed by atoms with E-state index in [1.807, 2.05) is 24.3 Å². The third kappa shape index (κ3) is 4.06. The summed E-state index contributed by atoms with van der Waals surface area (Å²) in [4.78, 5) is 26.8. The number of carbonyl (C=O) groups is 1. The highest BCUT2D eigenvalue weighted by molar-refractivity contribution is 5.83. The number of likely N-dealkylation sites (tertiary alicyclic amines) is 1. The van der Waals surface area contributed by atoms with Crippen molar-refractivity contribution in [2.45, 2.75) is 32.2 Å². The molecule has 6 nitrogen and oxygen atoms in total. The Kier molecular flexibility index (Phi) is 5.79. The van der Waals surface area contributed by atoms with Crippen molar-refractivity contribution in [3.05, 3.63) is 76.0 Å². The first-order valence-corrected chi connectivity index (χ1v) is 10.2. The van der Waals surface area contributed by atoms with E-state index in [-0.39, 0.29) is 23.5 Å². The summed E-state index contributed by atoms with van der Waals surface area (Å²) in [7, 11) is 0. The Morgan fingerprint density at radius 2 is 1.77 bits per heavy atom. The summed E-state index contributed by atoms with van der Waals surface area (Å²) in [6.45, 7) is 3.18. The van der Waals surface area contributed by atoms with Crippen LogP contribution in [0.1, 0.15) is 37.1 Å². The van der Waals surface area contributed by atoms with Gasteiger partial charge in [-0.15, -0.1) is 0 Å². The van der Waals surface area contributed by atoms with Gasteiger partial charge in [-0.1, -0.05) is 30.3 Å². The largest absolute Gasteiger partial charge is 0.450 e. The smallest absolute Gasteiger partial charge is 0.409 e. The molecule has 0 radical (unpaired) electrons. The van der Waals surface area contributed by atoms with Crippen LogP contribution in [0.15, 0.2) is 53.3 Å². The molecule has 1 saturated heterocycles. The molecule has 0 N–H and O–H groups in total. The van der Waals surface area contributed by atoms with Gasteiger partial charge in [0.05, 0.1) is 23.7 Å². The van der Waals surface area contributed by atoms with Crippen molar-refractivity contribution in [1.82, 2.24) is 14.7 Å². The van der Waals surface area contributed by atoms with Gasteiger partial charge in [0.2, 0.25) is 0 Å². The number of hydrogen-bond donors (Lipinski definition) is 0. The van der Waals surface area contributed by atoms with E-state index in [9.17, 15) is 14.0 Å². The predicted molar refractivity (Wildman–Crippen MR) is 112 cm³/mol. The summed E-state index contributed by atoms with van der Waals surface area (Å²) in [5.41, 5.74) is 1.59. The summed E-state index contributed by atoms with van der Waals surface area (Å²) in [6.07, 6.45) is 1.47. The summed E-state index contributed by atoms with van der Waals surface area (Å²) in [5.74, 6) is -0.283. The van der Waals surface area contributed by atoms with E-state index >= 15 is 0 Å². The van der Waals surface area contributed by atoms with E-state index in [0.717, 1.165) is 16.6 Å². The van der Waals surface area contributed by atoms with E-state index in [1.165, 1.54) is 12.1 Å². The number of fused-ring (bicyclic) bond motifs is 1. The topological polar surface area (TPSA) is 64.4 Å². The van der Waals surface area contributed by atoms with E-state index < -0.39 is 0 Å². The number of carbonyl (C=O) groups excluding carboxylic acids is 1. The Balaban J connectivity index is 1.65. The van der Waals surface area contributed by atoms with E-state index in [4.69, 9.17) is 9.84 Å². The molecule has 0 saturated carbocycles. The summed E-state index contributed by atoms with van der Waals surface area (Å²) < 4.78 is 19.9. The van der Waals surface area contributed by atoms with Crippen LogP contribution >= 0.6 is 0 Å². The number of hydrogen-bond acceptors (Lipinski definition) is 4. The minimum Gasteiger partial charge on any atom is -0.450 e. The second-order valence-electron chi connectivity index (χ2n) is 7.46. The van der Waals surface area contributed by atoms with Gasteiger partial charge in [-0.2, -0.15) is 5.10 Å². The molecule has 1 amide bonds. The van der Waals surface area contributed by atoms with Crippen LogP contribution in [0.25, 0.3) is 10.8 Å². The minimum atomic E-state index is -0.313. The van der Waals surface area contributed by atoms with Gasteiger partial charge in [-0.05, 0) is 43.5 Å². The fourth-order valence-electron chi connectivity index (χ4n) is 3.96. The monoisotopic (exact) mass is 409 g/mol. The van der Waals surface area contributed by atoms with Gasteiger partial charge < -0.3 is 9.64 Å². The van der Waals surface area contributed by atoms with Crippen LogP contribution in [-0.4, -0.2) is 40.5 Å². The zero-order valence-corrected chi connectivity index (χ0v) is 16.9. The van der Waals surface area contributed by atoms with Crippen molar-refractivity contribution in [2.24, 2.45) is 0 Å². The predicted octanol–water partition coefficient (Wildman–Crippen LogP) is 3.92. The molecule has 30 heavy (non-hydrogen) atoms. The molecule has 3 aromatic rings. The highest BCUT2D eigenvalue weighted by atomic mass is 19.1. The van der Waals surface area contributed by atoms with Crippen LogP contribution in [0.3, 0.4) is 0 Å². The van der Waals surface area contributed by atoms with Gasteiger partial charge in [-0.25, -0.2) is 13.9 Å². The van der Waals surface area contributed by atoms with Gasteiger partial charge in [0, 0.05) is 24.9 Å². The number of benzene rings is 2. The summed E-state index contributed by atoms with van der Waals surface area (Å²) in [5, 5.41) is 6.16. The third-order valence-electron chi connectivity index (χ3n) is 5.53. The Morgan fingerprint density at radius 3 is 2.43 bits per heavy atom. The molecule has 0 atom stereocenters. The van der Waals surface area contributed by atoms with Crippen molar-refractivity contribution < 1.29 is 13.9 Å². The first-order valence-electron chi connectivity index (χ1n) is 10.2. The van der Waals surface area contributed by atoms with E-state index in [1.54, 1.807) is 28.6 Å². The molecule has 4 rings (SSSR count). The average molecular weight is 409 g/mol. The summed E-state index contributed by atoms with van der Waals surface area (Å²) in [6, 6.07) is 13.7. The minimum absolute atomic E-state index is 0.0836. The molecule has 0 bridgehead atoms. The molecule has 0 aliphatic carbocycles. The maximum atomic E-state index is 13.3. The molecule has 7 heteroatoms. The van der Waals surface area contributed by atoms with Crippen molar-refractivity contribution in [3.8, 4) is 0 Å². The van der Waals surface area contributed by atoms with Crippen LogP contribution in [-0.2, 0) is 11.2 Å². The van der Waals surface area contributed by atoms with E-state index in [2.05, 4.69) is 0 Å². The molecular weight excluding hydrogens is 385 g/mol. The number of nitrogens with zero attached hydrogens (tertiary/aromatic N) is 3. The van der Waals surface area contributed by atoms with Crippen molar-refractivity contribution in [1.29, 1.82) is 0 Å². The lowest BCUT2D eigenvalue weighted by Crippen LogP contribution is -2.41. The summed E-state index contributed by atoms with van der Waals surface area (Å²) >= 11 is 0. The average Bonchev–Trinajstić information content (AvgIpc) is 2.77. The van der Waals surface area contributed by atoms with E-state index in [0.29, 0.717) is 44.3 Å².